The van der Waals surface area contributed by atoms with Crippen molar-refractivity contribution in [2.24, 2.45) is 11.8 Å². The third-order valence-corrected chi connectivity index (χ3v) is 6.58. The molecular formula is C20H26N4O4. The van der Waals surface area contributed by atoms with E-state index in [0.29, 0.717) is 6.54 Å². The number of β-amino-alcohol motifs (C(OH)–C–C–N with tert-alkyl or cyclic N) is 1. The summed E-state index contributed by atoms with van der Waals surface area (Å²) in [6, 6.07) is 5.89. The minimum Gasteiger partial charge on any atom is -0.390 e. The summed E-state index contributed by atoms with van der Waals surface area (Å²) in [4.78, 5) is 35.5. The number of aliphatic hydroxyl groups excluding tert-OH is 1. The Bertz CT molecular complexity index is 724. The molecule has 4 aliphatic heterocycles. The molecule has 1 aromatic rings. The third-order valence-electron chi connectivity index (χ3n) is 6.58. The molecule has 4 aliphatic rings. The van der Waals surface area contributed by atoms with Gasteiger partial charge in [0.2, 0.25) is 11.8 Å². The van der Waals surface area contributed by atoms with E-state index < -0.39 is 6.10 Å². The fourth-order valence-electron chi connectivity index (χ4n) is 5.22. The van der Waals surface area contributed by atoms with Crippen LogP contribution in [-0.4, -0.2) is 89.3 Å². The topological polar surface area (TPSA) is 86.2 Å². The van der Waals surface area contributed by atoms with Crippen LogP contribution in [-0.2, 0) is 14.3 Å². The summed E-state index contributed by atoms with van der Waals surface area (Å²) in [6.45, 7) is 3.88. The molecule has 0 radical (unpaired) electrons. The van der Waals surface area contributed by atoms with Gasteiger partial charge in [0.05, 0.1) is 36.7 Å². The van der Waals surface area contributed by atoms with E-state index in [0.717, 1.165) is 44.8 Å². The largest absolute Gasteiger partial charge is 0.390 e. The van der Waals surface area contributed by atoms with E-state index in [1.54, 1.807) is 6.20 Å². The summed E-state index contributed by atoms with van der Waals surface area (Å²) in [5.74, 6) is 0.0301. The quantitative estimate of drug-likeness (QED) is 0.697. The zero-order chi connectivity index (χ0) is 19.3. The lowest BCUT2D eigenvalue weighted by molar-refractivity contribution is -0.144. The first kappa shape index (κ1) is 18.0. The summed E-state index contributed by atoms with van der Waals surface area (Å²) >= 11 is 0. The van der Waals surface area contributed by atoms with Gasteiger partial charge in [0, 0.05) is 38.9 Å². The van der Waals surface area contributed by atoms with Gasteiger partial charge in [0.1, 0.15) is 5.82 Å². The molecule has 8 heteroatoms. The van der Waals surface area contributed by atoms with Crippen LogP contribution in [0.25, 0.3) is 0 Å². The molecule has 2 bridgehead atoms. The van der Waals surface area contributed by atoms with Crippen molar-refractivity contribution in [3.63, 3.8) is 0 Å². The third kappa shape index (κ3) is 3.00. The van der Waals surface area contributed by atoms with Gasteiger partial charge >= 0.3 is 0 Å². The van der Waals surface area contributed by atoms with Gasteiger partial charge < -0.3 is 14.7 Å². The van der Waals surface area contributed by atoms with E-state index in [1.807, 2.05) is 18.2 Å². The number of imide groups is 1. The van der Waals surface area contributed by atoms with E-state index in [4.69, 9.17) is 4.74 Å². The number of hydrogen-bond donors (Lipinski definition) is 1. The van der Waals surface area contributed by atoms with Crippen LogP contribution in [0.5, 0.6) is 0 Å². The minimum absolute atomic E-state index is 0.0879. The number of aromatic nitrogens is 1. The van der Waals surface area contributed by atoms with Crippen molar-refractivity contribution in [2.75, 3.05) is 44.2 Å². The van der Waals surface area contributed by atoms with Gasteiger partial charge in [-0.2, -0.15) is 0 Å². The molecule has 0 aromatic carbocycles. The van der Waals surface area contributed by atoms with Gasteiger partial charge in [0.15, 0.2) is 0 Å². The first-order valence-electron chi connectivity index (χ1n) is 10.2. The molecule has 150 valence electrons. The molecule has 1 N–H and O–H groups in total. The highest BCUT2D eigenvalue weighted by molar-refractivity contribution is 6.06. The predicted molar refractivity (Wildman–Crippen MR) is 100 cm³/mol. The molecule has 2 amide bonds. The van der Waals surface area contributed by atoms with Crippen molar-refractivity contribution in [3.8, 4) is 0 Å². The van der Waals surface area contributed by atoms with Gasteiger partial charge in [-0.05, 0) is 25.0 Å². The number of carbonyl (C=O) groups is 2. The molecule has 28 heavy (non-hydrogen) atoms. The molecule has 4 saturated heterocycles. The van der Waals surface area contributed by atoms with E-state index in [2.05, 4.69) is 14.8 Å². The molecule has 8 nitrogen and oxygen atoms in total. The first-order valence-corrected chi connectivity index (χ1v) is 10.2. The summed E-state index contributed by atoms with van der Waals surface area (Å²) in [7, 11) is 0. The van der Waals surface area contributed by atoms with Gasteiger partial charge in [-0.3, -0.25) is 19.4 Å². The molecule has 5 atom stereocenters. The number of likely N-dealkylation sites (tertiary alicyclic amines) is 1. The molecule has 5 rings (SSSR count). The SMILES string of the molecule is O=C1C2C3CC[C@@H](O3)[C@@H]2C(=O)N1CC(O)CN1CCN(c2ccccn2)CC1. The first-order chi connectivity index (χ1) is 13.6. The number of rotatable bonds is 5. The fraction of sp³-hybridized carbons (Fsp3) is 0.650. The van der Waals surface area contributed by atoms with Crippen LogP contribution in [0.4, 0.5) is 5.82 Å². The smallest absolute Gasteiger partial charge is 0.235 e. The number of ether oxygens (including phenoxy) is 1. The van der Waals surface area contributed by atoms with Gasteiger partial charge in [0.25, 0.3) is 0 Å². The predicted octanol–water partition coefficient (Wildman–Crippen LogP) is -0.273. The van der Waals surface area contributed by atoms with Crippen LogP contribution >= 0.6 is 0 Å². The van der Waals surface area contributed by atoms with Crippen LogP contribution in [0.3, 0.4) is 0 Å². The standard InChI is InChI=1S/C20H26N4O4/c25-13(11-22-7-9-23(10-8-22)16-3-1-2-6-21-16)12-24-19(26)17-14-4-5-15(28-14)18(17)20(24)27/h1-3,6,13-15,17-18,25H,4-5,7-12H2/t13?,14-,15?,17+,18?/m1/s1. The van der Waals surface area contributed by atoms with Crippen LogP contribution in [0.2, 0.25) is 0 Å². The average molecular weight is 386 g/mol. The lowest BCUT2D eigenvalue weighted by Gasteiger charge is -2.36. The summed E-state index contributed by atoms with van der Waals surface area (Å²) < 4.78 is 5.75. The number of carbonyl (C=O) groups excluding carboxylic acids is 2. The molecular weight excluding hydrogens is 360 g/mol. The summed E-state index contributed by atoms with van der Waals surface area (Å²) in [5.41, 5.74) is 0. The Kier molecular flexibility index (Phi) is 4.57. The number of anilines is 1. The highest BCUT2D eigenvalue weighted by Gasteiger charge is 2.62. The second kappa shape index (κ2) is 7.09. The van der Waals surface area contributed by atoms with Gasteiger partial charge in [-0.25, -0.2) is 4.98 Å². The Balaban J connectivity index is 1.14. The van der Waals surface area contributed by atoms with E-state index in [1.165, 1.54) is 4.90 Å². The molecule has 3 unspecified atom stereocenters. The van der Waals surface area contributed by atoms with Crippen LogP contribution in [0.15, 0.2) is 24.4 Å². The minimum atomic E-state index is -0.730. The Hall–Kier alpha value is -2.03. The number of pyridine rings is 1. The van der Waals surface area contributed by atoms with E-state index in [9.17, 15) is 14.7 Å². The monoisotopic (exact) mass is 386 g/mol. The molecule has 0 saturated carbocycles. The normalized spacial score (nSPS) is 33.6. The zero-order valence-electron chi connectivity index (χ0n) is 15.8. The van der Waals surface area contributed by atoms with Crippen molar-refractivity contribution in [1.29, 1.82) is 0 Å². The Labute approximate surface area is 164 Å². The van der Waals surface area contributed by atoms with Crippen LogP contribution in [0, 0.1) is 11.8 Å². The van der Waals surface area contributed by atoms with Crippen molar-refractivity contribution in [1.82, 2.24) is 14.8 Å². The molecule has 0 aliphatic carbocycles. The lowest BCUT2D eigenvalue weighted by atomic mass is 9.81. The maximum absolute atomic E-state index is 12.7. The van der Waals surface area contributed by atoms with E-state index in [-0.39, 0.29) is 42.4 Å². The Morgan fingerprint density at radius 2 is 1.71 bits per heavy atom. The number of piperazine rings is 1. The maximum atomic E-state index is 12.7. The highest BCUT2D eigenvalue weighted by Crippen LogP contribution is 2.48. The zero-order valence-corrected chi connectivity index (χ0v) is 15.8. The van der Waals surface area contributed by atoms with Crippen molar-refractivity contribution in [3.05, 3.63) is 24.4 Å². The Morgan fingerprint density at radius 3 is 2.32 bits per heavy atom. The molecule has 1 aromatic heterocycles. The number of hydrogen-bond acceptors (Lipinski definition) is 7. The Morgan fingerprint density at radius 1 is 1.04 bits per heavy atom. The van der Waals surface area contributed by atoms with Crippen LogP contribution in [0.1, 0.15) is 12.8 Å². The van der Waals surface area contributed by atoms with Crippen molar-refractivity contribution in [2.45, 2.75) is 31.2 Å². The molecule has 4 fully saturated rings. The van der Waals surface area contributed by atoms with Crippen molar-refractivity contribution >= 4 is 17.6 Å². The number of amides is 2. The number of aliphatic hydroxyl groups is 1. The number of nitrogens with zero attached hydrogens (tertiary/aromatic N) is 4. The fourth-order valence-corrected chi connectivity index (χ4v) is 5.22. The second-order valence-electron chi connectivity index (χ2n) is 8.26. The van der Waals surface area contributed by atoms with Gasteiger partial charge in [-0.1, -0.05) is 6.07 Å². The summed E-state index contributed by atoms with van der Waals surface area (Å²) in [5, 5.41) is 10.5. The summed E-state index contributed by atoms with van der Waals surface area (Å²) in [6.07, 6.45) is 2.58. The van der Waals surface area contributed by atoms with Crippen LogP contribution < -0.4 is 4.90 Å². The number of fused-ring (bicyclic) bond motifs is 5. The second-order valence-corrected chi connectivity index (χ2v) is 8.26. The van der Waals surface area contributed by atoms with Gasteiger partial charge in [-0.15, -0.1) is 0 Å². The molecule has 0 spiro atoms. The highest BCUT2D eigenvalue weighted by atomic mass is 16.5. The molecule has 5 heterocycles. The maximum Gasteiger partial charge on any atom is 0.235 e. The average Bonchev–Trinajstić information content (AvgIpc) is 3.39. The van der Waals surface area contributed by atoms with E-state index >= 15 is 0 Å². The lowest BCUT2D eigenvalue weighted by Crippen LogP contribution is -2.51. The van der Waals surface area contributed by atoms with Crippen molar-refractivity contribution < 1.29 is 19.4 Å².